The van der Waals surface area contributed by atoms with Crippen LogP contribution < -0.4 is 5.32 Å². The Hall–Kier alpha value is -0.450. The highest BCUT2D eigenvalue weighted by Gasteiger charge is 2.04. The van der Waals surface area contributed by atoms with Crippen LogP contribution >= 0.6 is 11.3 Å². The van der Waals surface area contributed by atoms with Gasteiger partial charge in [-0.3, -0.25) is 0 Å². The Morgan fingerprint density at radius 1 is 1.50 bits per heavy atom. The second-order valence-corrected chi connectivity index (χ2v) is 4.49. The average Bonchev–Trinajstić information content (AvgIpc) is 2.61. The maximum atomic E-state index is 8.56. The number of hydrogen-bond acceptors (Lipinski definition) is 4. The zero-order valence-corrected chi connectivity index (χ0v) is 9.60. The molecule has 1 aromatic heterocycles. The lowest BCUT2D eigenvalue weighted by Gasteiger charge is -2.00. The highest BCUT2D eigenvalue weighted by molar-refractivity contribution is 7.09. The number of aliphatic hydroxyl groups is 1. The molecule has 0 unspecified atom stereocenters. The maximum absolute atomic E-state index is 8.56. The van der Waals surface area contributed by atoms with Crippen molar-refractivity contribution in [1.29, 1.82) is 0 Å². The van der Waals surface area contributed by atoms with Crippen LogP contribution in [0, 0.1) is 0 Å². The van der Waals surface area contributed by atoms with Crippen molar-refractivity contribution < 1.29 is 5.11 Å². The quantitative estimate of drug-likeness (QED) is 0.703. The fraction of sp³-hybridized carbons (Fsp3) is 0.700. The van der Waals surface area contributed by atoms with E-state index in [0.29, 0.717) is 12.5 Å². The molecule has 14 heavy (non-hydrogen) atoms. The normalized spacial score (nSPS) is 11.1. The van der Waals surface area contributed by atoms with E-state index in [1.807, 2.05) is 0 Å². The lowest BCUT2D eigenvalue weighted by molar-refractivity contribution is 0.293. The molecule has 0 bridgehead atoms. The van der Waals surface area contributed by atoms with Gasteiger partial charge < -0.3 is 10.4 Å². The number of aliphatic hydroxyl groups excluding tert-OH is 1. The van der Waals surface area contributed by atoms with E-state index in [1.165, 1.54) is 10.7 Å². The van der Waals surface area contributed by atoms with Gasteiger partial charge in [0.1, 0.15) is 0 Å². The molecule has 0 radical (unpaired) electrons. The molecule has 0 aliphatic rings. The van der Waals surface area contributed by atoms with E-state index in [-0.39, 0.29) is 6.61 Å². The van der Waals surface area contributed by atoms with E-state index in [0.717, 1.165) is 13.0 Å². The average molecular weight is 214 g/mol. The van der Waals surface area contributed by atoms with Gasteiger partial charge in [-0.05, 0) is 5.92 Å². The summed E-state index contributed by atoms with van der Waals surface area (Å²) >= 11 is 1.72. The van der Waals surface area contributed by atoms with Crippen LogP contribution in [0.1, 0.15) is 30.5 Å². The molecule has 3 nitrogen and oxygen atoms in total. The van der Waals surface area contributed by atoms with Crippen molar-refractivity contribution >= 4 is 11.3 Å². The van der Waals surface area contributed by atoms with Crippen LogP contribution in [0.5, 0.6) is 0 Å². The zero-order chi connectivity index (χ0) is 10.4. The van der Waals surface area contributed by atoms with Crippen molar-refractivity contribution in [3.05, 3.63) is 16.1 Å². The smallest absolute Gasteiger partial charge is 0.0941 e. The van der Waals surface area contributed by atoms with Crippen LogP contribution in [0.2, 0.25) is 0 Å². The highest BCUT2D eigenvalue weighted by Crippen LogP contribution is 2.17. The highest BCUT2D eigenvalue weighted by atomic mass is 32.1. The molecule has 2 N–H and O–H groups in total. The molecule has 0 spiro atoms. The third-order valence-electron chi connectivity index (χ3n) is 1.97. The maximum Gasteiger partial charge on any atom is 0.0941 e. The summed E-state index contributed by atoms with van der Waals surface area (Å²) in [7, 11) is 0. The second kappa shape index (κ2) is 6.11. The van der Waals surface area contributed by atoms with Crippen LogP contribution in [0.15, 0.2) is 5.38 Å². The fourth-order valence-corrected chi connectivity index (χ4v) is 2.06. The monoisotopic (exact) mass is 214 g/mol. The van der Waals surface area contributed by atoms with Crippen molar-refractivity contribution in [1.82, 2.24) is 10.3 Å². The lowest BCUT2D eigenvalue weighted by atomic mass is 10.2. The van der Waals surface area contributed by atoms with Crippen LogP contribution in [0.3, 0.4) is 0 Å². The van der Waals surface area contributed by atoms with Gasteiger partial charge in [-0.1, -0.05) is 13.8 Å². The Morgan fingerprint density at radius 3 is 2.86 bits per heavy atom. The Labute approximate surface area is 89.2 Å². The molecule has 0 saturated heterocycles. The molecule has 1 heterocycles. The minimum Gasteiger partial charge on any atom is -0.395 e. The van der Waals surface area contributed by atoms with Gasteiger partial charge in [-0.25, -0.2) is 4.98 Å². The lowest BCUT2D eigenvalue weighted by Crippen LogP contribution is -2.20. The molecule has 4 heteroatoms. The summed E-state index contributed by atoms with van der Waals surface area (Å²) in [6.45, 7) is 6.08. The molecule has 0 saturated carbocycles. The summed E-state index contributed by atoms with van der Waals surface area (Å²) in [4.78, 5) is 4.52. The molecule has 1 rings (SSSR count). The summed E-state index contributed by atoms with van der Waals surface area (Å²) in [6, 6.07) is 0. The van der Waals surface area contributed by atoms with Gasteiger partial charge in [0.25, 0.3) is 0 Å². The molecular formula is C10H18N2OS. The van der Waals surface area contributed by atoms with Crippen LogP contribution in [-0.4, -0.2) is 29.8 Å². The Bertz CT molecular complexity index is 260. The van der Waals surface area contributed by atoms with E-state index >= 15 is 0 Å². The number of rotatable bonds is 6. The van der Waals surface area contributed by atoms with Gasteiger partial charge in [0.2, 0.25) is 0 Å². The molecule has 0 fully saturated rings. The van der Waals surface area contributed by atoms with Crippen LogP contribution in [0.4, 0.5) is 0 Å². The van der Waals surface area contributed by atoms with Gasteiger partial charge in [0.05, 0.1) is 17.3 Å². The van der Waals surface area contributed by atoms with E-state index in [4.69, 9.17) is 5.11 Å². The minimum atomic E-state index is 0.203. The molecule has 0 aliphatic heterocycles. The summed E-state index contributed by atoms with van der Waals surface area (Å²) in [6.07, 6.45) is 0.956. The second-order valence-electron chi connectivity index (χ2n) is 3.54. The SMILES string of the molecule is CC(C)c1csc(CCNCCO)n1. The Morgan fingerprint density at radius 2 is 2.29 bits per heavy atom. The first-order valence-corrected chi connectivity index (χ1v) is 5.88. The van der Waals surface area contributed by atoms with Crippen molar-refractivity contribution in [3.63, 3.8) is 0 Å². The number of hydrogen-bond donors (Lipinski definition) is 2. The summed E-state index contributed by atoms with van der Waals surface area (Å²) in [5, 5.41) is 15.0. The summed E-state index contributed by atoms with van der Waals surface area (Å²) in [5.74, 6) is 0.519. The first-order chi connectivity index (χ1) is 6.74. The van der Waals surface area contributed by atoms with Gasteiger partial charge in [0.15, 0.2) is 0 Å². The number of nitrogens with zero attached hydrogens (tertiary/aromatic N) is 1. The standard InChI is InChI=1S/C10H18N2OS/c1-8(2)9-7-14-10(12-9)3-4-11-5-6-13/h7-8,11,13H,3-6H2,1-2H3. The third-order valence-corrected chi connectivity index (χ3v) is 2.89. The van der Waals surface area contributed by atoms with E-state index in [9.17, 15) is 0 Å². The van der Waals surface area contributed by atoms with Gasteiger partial charge in [-0.2, -0.15) is 0 Å². The number of thiazole rings is 1. The number of aromatic nitrogens is 1. The zero-order valence-electron chi connectivity index (χ0n) is 8.79. The molecule has 0 amide bonds. The van der Waals surface area contributed by atoms with E-state index in [2.05, 4.69) is 29.5 Å². The van der Waals surface area contributed by atoms with Gasteiger partial charge in [0, 0.05) is 24.9 Å². The largest absolute Gasteiger partial charge is 0.395 e. The fourth-order valence-electron chi connectivity index (χ4n) is 1.10. The summed E-state index contributed by atoms with van der Waals surface area (Å²) in [5.41, 5.74) is 1.19. The molecule has 0 atom stereocenters. The molecular weight excluding hydrogens is 196 g/mol. The molecule has 80 valence electrons. The topological polar surface area (TPSA) is 45.1 Å². The van der Waals surface area contributed by atoms with E-state index < -0.39 is 0 Å². The van der Waals surface area contributed by atoms with Crippen molar-refractivity contribution in [2.45, 2.75) is 26.2 Å². The first kappa shape index (κ1) is 11.6. The predicted molar refractivity (Wildman–Crippen MR) is 59.9 cm³/mol. The third kappa shape index (κ3) is 3.74. The molecule has 0 aliphatic carbocycles. The van der Waals surface area contributed by atoms with Gasteiger partial charge >= 0.3 is 0 Å². The predicted octanol–water partition coefficient (Wildman–Crippen LogP) is 1.39. The van der Waals surface area contributed by atoms with Gasteiger partial charge in [-0.15, -0.1) is 11.3 Å². The summed E-state index contributed by atoms with van der Waals surface area (Å²) < 4.78 is 0. The minimum absolute atomic E-state index is 0.203. The van der Waals surface area contributed by atoms with Crippen LogP contribution in [-0.2, 0) is 6.42 Å². The number of nitrogens with one attached hydrogen (secondary N) is 1. The Kier molecular flexibility index (Phi) is 5.07. The van der Waals surface area contributed by atoms with E-state index in [1.54, 1.807) is 11.3 Å². The Balaban J connectivity index is 2.29. The van der Waals surface area contributed by atoms with Crippen LogP contribution in [0.25, 0.3) is 0 Å². The van der Waals surface area contributed by atoms with Crippen molar-refractivity contribution in [2.75, 3.05) is 19.7 Å². The molecule has 0 aromatic carbocycles. The first-order valence-electron chi connectivity index (χ1n) is 5.00. The van der Waals surface area contributed by atoms with Crippen molar-refractivity contribution in [3.8, 4) is 0 Å². The van der Waals surface area contributed by atoms with Crippen molar-refractivity contribution in [2.24, 2.45) is 0 Å². The molecule has 1 aromatic rings.